The number of nitrogens with one attached hydrogen (secondary N) is 1. The van der Waals surface area contributed by atoms with Crippen molar-refractivity contribution in [3.05, 3.63) is 27.7 Å². The highest BCUT2D eigenvalue weighted by molar-refractivity contribution is 7.09. The lowest BCUT2D eigenvalue weighted by Gasteiger charge is -2.07. The zero-order valence-corrected chi connectivity index (χ0v) is 14.6. The summed E-state index contributed by atoms with van der Waals surface area (Å²) >= 11 is 1.48. The fourth-order valence-electron chi connectivity index (χ4n) is 2.92. The molecule has 130 valence electrons. The quantitative estimate of drug-likeness (QED) is 0.735. The zero-order chi connectivity index (χ0) is 16.8. The minimum Gasteiger partial charge on any atom is -0.351 e. The Balaban J connectivity index is 1.45. The van der Waals surface area contributed by atoms with Gasteiger partial charge >= 0.3 is 0 Å². The summed E-state index contributed by atoms with van der Waals surface area (Å²) in [4.78, 5) is 16.4. The third-order valence-electron chi connectivity index (χ3n) is 4.19. The van der Waals surface area contributed by atoms with E-state index in [4.69, 9.17) is 5.73 Å². The van der Waals surface area contributed by atoms with E-state index in [1.54, 1.807) is 5.38 Å². The van der Waals surface area contributed by atoms with Gasteiger partial charge in [0.25, 0.3) is 5.91 Å². The molecule has 1 amide bonds. The minimum atomic E-state index is -0.116. The number of carbonyl (C=O) groups is 1. The van der Waals surface area contributed by atoms with Crippen molar-refractivity contribution in [2.45, 2.75) is 51.5 Å². The van der Waals surface area contributed by atoms with Gasteiger partial charge in [0.2, 0.25) is 0 Å². The van der Waals surface area contributed by atoms with Crippen molar-refractivity contribution in [1.82, 2.24) is 25.1 Å². The second-order valence-corrected chi connectivity index (χ2v) is 6.96. The van der Waals surface area contributed by atoms with Crippen LogP contribution in [0.2, 0.25) is 0 Å². The summed E-state index contributed by atoms with van der Waals surface area (Å²) in [6.45, 7) is 2.19. The molecular formula is C16H24N6OS. The number of aromatic nitrogens is 4. The molecule has 0 unspecified atom stereocenters. The van der Waals surface area contributed by atoms with Crippen LogP contribution in [0, 0.1) is 0 Å². The number of hydrogen-bond donors (Lipinski definition) is 2. The Bertz CT molecular complexity index is 680. The van der Waals surface area contributed by atoms with Crippen molar-refractivity contribution < 1.29 is 4.79 Å². The highest BCUT2D eigenvalue weighted by Crippen LogP contribution is 2.15. The molecule has 0 fully saturated rings. The van der Waals surface area contributed by atoms with Crippen LogP contribution in [0.1, 0.15) is 52.8 Å². The van der Waals surface area contributed by atoms with Crippen LogP contribution in [-0.2, 0) is 25.8 Å². The molecular weight excluding hydrogens is 324 g/mol. The van der Waals surface area contributed by atoms with Gasteiger partial charge < -0.3 is 15.6 Å². The molecule has 0 aromatic carbocycles. The lowest BCUT2D eigenvalue weighted by atomic mass is 10.2. The van der Waals surface area contributed by atoms with Crippen LogP contribution in [0.3, 0.4) is 0 Å². The average Bonchev–Trinajstić information content (AvgIpc) is 3.13. The molecule has 0 radical (unpaired) electrons. The summed E-state index contributed by atoms with van der Waals surface area (Å²) in [5.74, 6) is 2.04. The van der Waals surface area contributed by atoms with Crippen LogP contribution >= 0.6 is 11.3 Å². The van der Waals surface area contributed by atoms with Crippen molar-refractivity contribution in [3.8, 4) is 0 Å². The molecule has 0 aliphatic carbocycles. The molecule has 7 nitrogen and oxygen atoms in total. The number of fused-ring (bicyclic) bond motifs is 1. The van der Waals surface area contributed by atoms with E-state index in [0.717, 1.165) is 48.9 Å². The third kappa shape index (κ3) is 4.18. The van der Waals surface area contributed by atoms with Crippen molar-refractivity contribution in [2.24, 2.45) is 5.73 Å². The highest BCUT2D eigenvalue weighted by Gasteiger charge is 2.14. The molecule has 8 heteroatoms. The number of aryl methyl sites for hydroxylation is 2. The van der Waals surface area contributed by atoms with Gasteiger partial charge in [-0.1, -0.05) is 6.42 Å². The molecule has 2 aromatic rings. The Morgan fingerprint density at radius 2 is 2.21 bits per heavy atom. The van der Waals surface area contributed by atoms with Gasteiger partial charge in [-0.15, -0.1) is 21.5 Å². The average molecular weight is 348 g/mol. The Morgan fingerprint density at radius 1 is 1.29 bits per heavy atom. The van der Waals surface area contributed by atoms with Gasteiger partial charge in [-0.05, 0) is 25.8 Å². The summed E-state index contributed by atoms with van der Waals surface area (Å²) in [5.41, 5.74) is 5.99. The second-order valence-electron chi connectivity index (χ2n) is 6.02. The number of nitrogens with zero attached hydrogens (tertiary/aromatic N) is 4. The van der Waals surface area contributed by atoms with E-state index in [1.807, 2.05) is 0 Å². The molecule has 2 aromatic heterocycles. The predicted molar refractivity (Wildman–Crippen MR) is 93.1 cm³/mol. The Hall–Kier alpha value is -1.80. The first kappa shape index (κ1) is 17.0. The molecule has 0 spiro atoms. The van der Waals surface area contributed by atoms with Crippen LogP contribution in [0.4, 0.5) is 0 Å². The summed E-state index contributed by atoms with van der Waals surface area (Å²) in [6.07, 6.45) is 7.09. The van der Waals surface area contributed by atoms with Crippen molar-refractivity contribution in [3.63, 3.8) is 0 Å². The maximum atomic E-state index is 12.1. The van der Waals surface area contributed by atoms with Gasteiger partial charge in [-0.2, -0.15) is 0 Å². The van der Waals surface area contributed by atoms with Crippen molar-refractivity contribution in [1.29, 1.82) is 0 Å². The Labute approximate surface area is 145 Å². The first-order chi connectivity index (χ1) is 11.8. The summed E-state index contributed by atoms with van der Waals surface area (Å²) in [6, 6.07) is 0. The van der Waals surface area contributed by atoms with E-state index in [0.29, 0.717) is 18.8 Å². The van der Waals surface area contributed by atoms with E-state index in [-0.39, 0.29) is 5.91 Å². The largest absolute Gasteiger partial charge is 0.351 e. The molecule has 24 heavy (non-hydrogen) atoms. The SMILES string of the molecule is NCCc1nc(C(=O)NCCCc2nnc3n2CCCCC3)cs1. The lowest BCUT2D eigenvalue weighted by molar-refractivity contribution is 0.0948. The zero-order valence-electron chi connectivity index (χ0n) is 13.8. The van der Waals surface area contributed by atoms with Gasteiger partial charge in [0.05, 0.1) is 5.01 Å². The second kappa shape index (κ2) is 8.34. The van der Waals surface area contributed by atoms with Gasteiger partial charge in [0.1, 0.15) is 17.3 Å². The summed E-state index contributed by atoms with van der Waals surface area (Å²) in [7, 11) is 0. The molecule has 0 bridgehead atoms. The van der Waals surface area contributed by atoms with Crippen LogP contribution in [0.5, 0.6) is 0 Å². The predicted octanol–water partition coefficient (Wildman–Crippen LogP) is 1.32. The first-order valence-electron chi connectivity index (χ1n) is 8.61. The van der Waals surface area contributed by atoms with Crippen LogP contribution in [0.25, 0.3) is 0 Å². The number of thiazole rings is 1. The summed E-state index contributed by atoms with van der Waals surface area (Å²) in [5, 5.41) is 14.2. The topological polar surface area (TPSA) is 98.7 Å². The smallest absolute Gasteiger partial charge is 0.270 e. The van der Waals surface area contributed by atoms with E-state index in [9.17, 15) is 4.79 Å². The molecule has 0 saturated carbocycles. The van der Waals surface area contributed by atoms with Gasteiger partial charge in [-0.25, -0.2) is 4.98 Å². The van der Waals surface area contributed by atoms with Gasteiger partial charge in [0, 0.05) is 37.7 Å². The Kier molecular flexibility index (Phi) is 5.92. The molecule has 1 aliphatic heterocycles. The van der Waals surface area contributed by atoms with E-state index in [1.165, 1.54) is 30.6 Å². The maximum Gasteiger partial charge on any atom is 0.270 e. The van der Waals surface area contributed by atoms with Gasteiger partial charge in [-0.3, -0.25) is 4.79 Å². The third-order valence-corrected chi connectivity index (χ3v) is 5.10. The monoisotopic (exact) mass is 348 g/mol. The number of rotatable bonds is 7. The number of amides is 1. The number of carbonyl (C=O) groups excluding carboxylic acids is 1. The maximum absolute atomic E-state index is 12.1. The molecule has 0 saturated heterocycles. The van der Waals surface area contributed by atoms with E-state index >= 15 is 0 Å². The molecule has 1 aliphatic rings. The Morgan fingerprint density at radius 3 is 3.08 bits per heavy atom. The highest BCUT2D eigenvalue weighted by atomic mass is 32.1. The van der Waals surface area contributed by atoms with Gasteiger partial charge in [0.15, 0.2) is 0 Å². The van der Waals surface area contributed by atoms with E-state index < -0.39 is 0 Å². The molecule has 3 N–H and O–H groups in total. The lowest BCUT2D eigenvalue weighted by Crippen LogP contribution is -2.25. The van der Waals surface area contributed by atoms with Crippen LogP contribution < -0.4 is 11.1 Å². The molecule has 3 heterocycles. The molecule has 3 rings (SSSR count). The number of hydrogen-bond acceptors (Lipinski definition) is 6. The number of nitrogens with two attached hydrogens (primary N) is 1. The molecule has 0 atom stereocenters. The fourth-order valence-corrected chi connectivity index (χ4v) is 3.72. The van der Waals surface area contributed by atoms with E-state index in [2.05, 4.69) is 25.1 Å². The summed E-state index contributed by atoms with van der Waals surface area (Å²) < 4.78 is 2.26. The van der Waals surface area contributed by atoms with Crippen LogP contribution in [-0.4, -0.2) is 38.7 Å². The van der Waals surface area contributed by atoms with Crippen molar-refractivity contribution >= 4 is 17.2 Å². The first-order valence-corrected chi connectivity index (χ1v) is 9.49. The fraction of sp³-hybridized carbons (Fsp3) is 0.625. The minimum absolute atomic E-state index is 0.116. The van der Waals surface area contributed by atoms with Crippen molar-refractivity contribution in [2.75, 3.05) is 13.1 Å². The standard InChI is InChI=1S/C16H24N6OS/c17-8-7-15-19-12(11-24-15)16(23)18-9-4-6-14-21-20-13-5-2-1-3-10-22(13)14/h11H,1-10,17H2,(H,18,23). The van der Waals surface area contributed by atoms with Crippen LogP contribution in [0.15, 0.2) is 5.38 Å². The normalized spacial score (nSPS) is 14.2.